The lowest BCUT2D eigenvalue weighted by Crippen LogP contribution is -2.09. The van der Waals surface area contributed by atoms with Crippen LogP contribution in [0.4, 0.5) is 0 Å². The van der Waals surface area contributed by atoms with Gasteiger partial charge < -0.3 is 0 Å². The van der Waals surface area contributed by atoms with Crippen LogP contribution in [0.25, 0.3) is 0 Å². The van der Waals surface area contributed by atoms with E-state index in [1.54, 1.807) is 0 Å². The molecule has 0 heterocycles. The van der Waals surface area contributed by atoms with Gasteiger partial charge in [-0.2, -0.15) is 0 Å². The van der Waals surface area contributed by atoms with Crippen LogP contribution in [-0.4, -0.2) is 0 Å². The van der Waals surface area contributed by atoms with E-state index in [0.717, 1.165) is 23.2 Å². The molecule has 3 unspecified atom stereocenters. The highest BCUT2D eigenvalue weighted by Gasteiger charge is 2.61. The van der Waals surface area contributed by atoms with Crippen LogP contribution in [0.2, 0.25) is 0 Å². The maximum absolute atomic E-state index is 4.20. The Balaban J connectivity index is 2.06. The standard InChI is InChI=1S/C10H13/c1-7-6-8-2-3-9(7)10(8)4-5-10/h2-3,7-9H,1,4-6H2. The lowest BCUT2D eigenvalue weighted by atomic mass is 9.90. The second-order valence-corrected chi connectivity index (χ2v) is 4.25. The van der Waals surface area contributed by atoms with Gasteiger partial charge in [-0.25, -0.2) is 0 Å². The van der Waals surface area contributed by atoms with Gasteiger partial charge in [-0.15, -0.1) is 0 Å². The van der Waals surface area contributed by atoms with Crippen LogP contribution >= 0.6 is 0 Å². The molecule has 3 rings (SSSR count). The fourth-order valence-electron chi connectivity index (χ4n) is 3.15. The van der Waals surface area contributed by atoms with Gasteiger partial charge in [0.25, 0.3) is 0 Å². The lowest BCUT2D eigenvalue weighted by molar-refractivity contribution is 0.387. The predicted molar refractivity (Wildman–Crippen MR) is 41.3 cm³/mol. The minimum absolute atomic E-state index is 0.748. The van der Waals surface area contributed by atoms with Crippen molar-refractivity contribution in [1.82, 2.24) is 0 Å². The van der Waals surface area contributed by atoms with Crippen LogP contribution in [0.1, 0.15) is 19.3 Å². The first-order valence-electron chi connectivity index (χ1n) is 4.34. The maximum atomic E-state index is 4.20. The zero-order chi connectivity index (χ0) is 6.77. The highest BCUT2D eigenvalue weighted by Crippen LogP contribution is 2.69. The van der Waals surface area contributed by atoms with Gasteiger partial charge in [0.05, 0.1) is 0 Å². The highest BCUT2D eigenvalue weighted by atomic mass is 14.7. The second-order valence-electron chi connectivity index (χ2n) is 4.25. The number of rotatable bonds is 0. The normalized spacial score (nSPS) is 52.7. The molecule has 2 saturated carbocycles. The van der Waals surface area contributed by atoms with Gasteiger partial charge in [-0.05, 0) is 49.4 Å². The molecular weight excluding hydrogens is 120 g/mol. The quantitative estimate of drug-likeness (QED) is 0.445. The summed E-state index contributed by atoms with van der Waals surface area (Å²) in [6.45, 7) is 4.20. The third-order valence-electron chi connectivity index (χ3n) is 3.84. The summed E-state index contributed by atoms with van der Waals surface area (Å²) in [5.74, 6) is 2.55. The molecule has 3 aliphatic rings. The number of hydrogen-bond donors (Lipinski definition) is 0. The number of allylic oxidation sites excluding steroid dienone is 2. The topological polar surface area (TPSA) is 0 Å². The van der Waals surface area contributed by atoms with Crippen molar-refractivity contribution < 1.29 is 0 Å². The second kappa shape index (κ2) is 1.34. The summed E-state index contributed by atoms with van der Waals surface area (Å²) in [6.07, 6.45) is 9.22. The smallest absolute Gasteiger partial charge is 0.0143 e. The van der Waals surface area contributed by atoms with Crippen LogP contribution in [0.15, 0.2) is 12.2 Å². The average molecular weight is 133 g/mol. The molecule has 0 nitrogen and oxygen atoms in total. The van der Waals surface area contributed by atoms with E-state index in [9.17, 15) is 0 Å². The average Bonchev–Trinajstić information content (AvgIpc) is 2.55. The first kappa shape index (κ1) is 5.40. The van der Waals surface area contributed by atoms with E-state index in [-0.39, 0.29) is 0 Å². The molecule has 1 spiro atoms. The van der Waals surface area contributed by atoms with Crippen molar-refractivity contribution in [3.8, 4) is 0 Å². The van der Waals surface area contributed by atoms with E-state index in [1.165, 1.54) is 19.3 Å². The molecule has 0 amide bonds. The van der Waals surface area contributed by atoms with Crippen molar-refractivity contribution in [2.45, 2.75) is 19.3 Å². The number of hydrogen-bond acceptors (Lipinski definition) is 0. The Morgan fingerprint density at radius 2 is 2.10 bits per heavy atom. The Hall–Kier alpha value is -0.260. The van der Waals surface area contributed by atoms with Gasteiger partial charge in [0.2, 0.25) is 0 Å². The molecule has 2 fully saturated rings. The van der Waals surface area contributed by atoms with E-state index in [1.807, 2.05) is 0 Å². The van der Waals surface area contributed by atoms with Gasteiger partial charge in [-0.3, -0.25) is 0 Å². The van der Waals surface area contributed by atoms with Crippen molar-refractivity contribution in [2.75, 3.05) is 0 Å². The summed E-state index contributed by atoms with van der Waals surface area (Å²) in [5.41, 5.74) is 0.770. The van der Waals surface area contributed by atoms with Gasteiger partial charge in [0.15, 0.2) is 0 Å². The fraction of sp³-hybridized carbons (Fsp3) is 0.700. The molecule has 0 aromatic carbocycles. The minimum atomic E-state index is 0.748. The Morgan fingerprint density at radius 1 is 1.30 bits per heavy atom. The summed E-state index contributed by atoms with van der Waals surface area (Å²) in [7, 11) is 0. The van der Waals surface area contributed by atoms with E-state index in [0.29, 0.717) is 0 Å². The summed E-state index contributed by atoms with van der Waals surface area (Å²) in [5, 5.41) is 0. The van der Waals surface area contributed by atoms with Gasteiger partial charge in [-0.1, -0.05) is 12.2 Å². The minimum Gasteiger partial charge on any atom is -0.0845 e. The van der Waals surface area contributed by atoms with Crippen LogP contribution in [0.5, 0.6) is 0 Å². The molecule has 0 aromatic heterocycles. The lowest BCUT2D eigenvalue weighted by Gasteiger charge is -2.14. The molecule has 0 saturated heterocycles. The molecule has 0 heteroatoms. The predicted octanol–water partition coefficient (Wildman–Crippen LogP) is 2.42. The Morgan fingerprint density at radius 3 is 2.40 bits per heavy atom. The van der Waals surface area contributed by atoms with E-state index >= 15 is 0 Å². The summed E-state index contributed by atoms with van der Waals surface area (Å²) < 4.78 is 0. The van der Waals surface area contributed by atoms with Crippen molar-refractivity contribution in [3.63, 3.8) is 0 Å². The molecular formula is C10H13. The molecule has 0 aliphatic heterocycles. The molecule has 53 valence electrons. The molecule has 10 heavy (non-hydrogen) atoms. The largest absolute Gasteiger partial charge is 0.0845 e. The van der Waals surface area contributed by atoms with Crippen LogP contribution in [0, 0.1) is 30.1 Å². The summed E-state index contributed by atoms with van der Waals surface area (Å²) >= 11 is 0. The van der Waals surface area contributed by atoms with Gasteiger partial charge >= 0.3 is 0 Å². The maximum Gasteiger partial charge on any atom is -0.0143 e. The molecule has 3 aliphatic carbocycles. The molecule has 3 atom stereocenters. The first-order chi connectivity index (χ1) is 4.83. The Bertz CT molecular complexity index is 198. The SMILES string of the molecule is [CH2]C1CC2C=CC1C21CC1. The van der Waals surface area contributed by atoms with E-state index in [4.69, 9.17) is 0 Å². The third kappa shape index (κ3) is 0.398. The van der Waals surface area contributed by atoms with Crippen molar-refractivity contribution in [3.05, 3.63) is 19.1 Å². The Labute approximate surface area is 62.3 Å². The van der Waals surface area contributed by atoms with Crippen LogP contribution in [-0.2, 0) is 0 Å². The molecule has 0 N–H and O–H groups in total. The van der Waals surface area contributed by atoms with Crippen molar-refractivity contribution >= 4 is 0 Å². The van der Waals surface area contributed by atoms with Crippen LogP contribution < -0.4 is 0 Å². The van der Waals surface area contributed by atoms with Crippen molar-refractivity contribution in [2.24, 2.45) is 23.2 Å². The summed E-state index contributed by atoms with van der Waals surface area (Å²) in [6, 6.07) is 0. The fourth-order valence-corrected chi connectivity index (χ4v) is 3.15. The molecule has 0 aromatic rings. The summed E-state index contributed by atoms with van der Waals surface area (Å²) in [4.78, 5) is 0. The third-order valence-corrected chi connectivity index (χ3v) is 3.84. The van der Waals surface area contributed by atoms with Gasteiger partial charge in [0.1, 0.15) is 0 Å². The van der Waals surface area contributed by atoms with E-state index < -0.39 is 0 Å². The van der Waals surface area contributed by atoms with Crippen molar-refractivity contribution in [1.29, 1.82) is 0 Å². The molecule has 2 bridgehead atoms. The first-order valence-corrected chi connectivity index (χ1v) is 4.34. The van der Waals surface area contributed by atoms with E-state index in [2.05, 4.69) is 19.1 Å². The zero-order valence-corrected chi connectivity index (χ0v) is 6.22. The van der Waals surface area contributed by atoms with Gasteiger partial charge in [0, 0.05) is 0 Å². The zero-order valence-electron chi connectivity index (χ0n) is 6.22. The monoisotopic (exact) mass is 133 g/mol. The van der Waals surface area contributed by atoms with Crippen LogP contribution in [0.3, 0.4) is 0 Å². The highest BCUT2D eigenvalue weighted by molar-refractivity contribution is 5.26. The Kier molecular flexibility index (Phi) is 0.725. The molecule has 1 radical (unpaired) electrons.